The Hall–Kier alpha value is 0.200. The number of carbonyl (C=O) groups is 1. The van der Waals surface area contributed by atoms with Crippen LogP contribution in [0.3, 0.4) is 0 Å². The van der Waals surface area contributed by atoms with Crippen LogP contribution >= 0.6 is 22.6 Å². The fourth-order valence-electron chi connectivity index (χ4n) is 1.14. The molecule has 2 N–H and O–H groups in total. The summed E-state index contributed by atoms with van der Waals surface area (Å²) in [6.45, 7) is 7.96. The third-order valence-corrected chi connectivity index (χ3v) is 1.91. The first-order valence-electron chi connectivity index (χ1n) is 3.64. The van der Waals surface area contributed by atoms with Crippen LogP contribution in [0.25, 0.3) is 0 Å². The summed E-state index contributed by atoms with van der Waals surface area (Å²) in [6.07, 6.45) is 0.815. The smallest absolute Gasteiger partial charge is 0.223 e. The Bertz CT molecular complexity index is 158. The number of hydrogen-bond donors (Lipinski definition) is 1. The van der Waals surface area contributed by atoms with Crippen LogP contribution in [0.15, 0.2) is 0 Å². The number of carbonyl (C=O) groups excluding carboxylic acids is 1. The van der Waals surface area contributed by atoms with Gasteiger partial charge in [0.05, 0.1) is 0 Å². The number of rotatable bonds is 3. The van der Waals surface area contributed by atoms with Crippen molar-refractivity contribution < 1.29 is 4.79 Å². The first-order valence-corrected chi connectivity index (χ1v) is 4.72. The highest BCUT2D eigenvalue weighted by molar-refractivity contribution is 14.1. The molecule has 1 amide bonds. The van der Waals surface area contributed by atoms with Gasteiger partial charge in [-0.05, 0) is 6.42 Å². The molecule has 0 fully saturated rings. The Balaban J connectivity index is 4.25. The van der Waals surface area contributed by atoms with Gasteiger partial charge in [0.25, 0.3) is 0 Å². The van der Waals surface area contributed by atoms with Crippen molar-refractivity contribution in [2.75, 3.05) is 0 Å². The normalized spacial score (nSPS) is 13.2. The van der Waals surface area contributed by atoms with E-state index >= 15 is 0 Å². The van der Waals surface area contributed by atoms with Gasteiger partial charge < -0.3 is 5.73 Å². The van der Waals surface area contributed by atoms with E-state index in [0.717, 1.165) is 6.42 Å². The molecule has 0 saturated carbocycles. The van der Waals surface area contributed by atoms with Crippen molar-refractivity contribution in [2.45, 2.75) is 37.5 Å². The lowest BCUT2D eigenvalue weighted by Crippen LogP contribution is -2.35. The molecule has 0 aromatic rings. The SMILES string of the molecule is CC(C)(I)CC(C)(C)C(N)=O. The van der Waals surface area contributed by atoms with Gasteiger partial charge in [0.15, 0.2) is 0 Å². The zero-order valence-electron chi connectivity index (χ0n) is 7.57. The van der Waals surface area contributed by atoms with Gasteiger partial charge in [0, 0.05) is 8.84 Å². The van der Waals surface area contributed by atoms with Crippen LogP contribution in [0.5, 0.6) is 0 Å². The lowest BCUT2D eigenvalue weighted by Gasteiger charge is -2.27. The van der Waals surface area contributed by atoms with E-state index in [1.54, 1.807) is 0 Å². The molecule has 0 saturated heterocycles. The van der Waals surface area contributed by atoms with Gasteiger partial charge in [0.1, 0.15) is 0 Å². The highest BCUT2D eigenvalue weighted by atomic mass is 127. The summed E-state index contributed by atoms with van der Waals surface area (Å²) in [5.41, 5.74) is 4.85. The van der Waals surface area contributed by atoms with Crippen molar-refractivity contribution in [3.8, 4) is 0 Å². The van der Waals surface area contributed by atoms with E-state index in [9.17, 15) is 4.79 Å². The van der Waals surface area contributed by atoms with Crippen LogP contribution in [0.4, 0.5) is 0 Å². The van der Waals surface area contributed by atoms with Crippen molar-refractivity contribution in [3.05, 3.63) is 0 Å². The lowest BCUT2D eigenvalue weighted by molar-refractivity contribution is -0.126. The lowest BCUT2D eigenvalue weighted by atomic mass is 9.83. The summed E-state index contributed by atoms with van der Waals surface area (Å²) in [4.78, 5) is 10.9. The molecule has 3 heteroatoms. The average molecular weight is 269 g/mol. The van der Waals surface area contributed by atoms with Crippen LogP contribution in [-0.4, -0.2) is 9.33 Å². The molecular formula is C8H16INO. The summed E-state index contributed by atoms with van der Waals surface area (Å²) in [5, 5.41) is 0. The predicted molar refractivity (Wildman–Crippen MR) is 55.7 cm³/mol. The molecule has 2 nitrogen and oxygen atoms in total. The zero-order valence-corrected chi connectivity index (χ0v) is 9.73. The number of primary amides is 1. The molecule has 0 aromatic heterocycles. The number of halogens is 1. The Labute approximate surface area is 82.1 Å². The van der Waals surface area contributed by atoms with Crippen molar-refractivity contribution in [3.63, 3.8) is 0 Å². The monoisotopic (exact) mass is 269 g/mol. The molecule has 11 heavy (non-hydrogen) atoms. The van der Waals surface area contributed by atoms with Crippen LogP contribution < -0.4 is 5.73 Å². The van der Waals surface area contributed by atoms with Crippen molar-refractivity contribution in [2.24, 2.45) is 11.1 Å². The van der Waals surface area contributed by atoms with Gasteiger partial charge in [-0.2, -0.15) is 0 Å². The fraction of sp³-hybridized carbons (Fsp3) is 0.875. The summed E-state index contributed by atoms with van der Waals surface area (Å²) >= 11 is 2.33. The molecule has 0 aliphatic rings. The first-order chi connectivity index (χ1) is 4.65. The Kier molecular flexibility index (Phi) is 3.35. The van der Waals surface area contributed by atoms with E-state index in [-0.39, 0.29) is 14.7 Å². The maximum Gasteiger partial charge on any atom is 0.223 e. The molecule has 0 rings (SSSR count). The molecular weight excluding hydrogens is 253 g/mol. The van der Waals surface area contributed by atoms with Crippen LogP contribution in [0, 0.1) is 5.41 Å². The number of hydrogen-bond acceptors (Lipinski definition) is 1. The van der Waals surface area contributed by atoms with Gasteiger partial charge in [-0.3, -0.25) is 4.79 Å². The largest absolute Gasteiger partial charge is 0.369 e. The van der Waals surface area contributed by atoms with E-state index in [0.29, 0.717) is 0 Å². The minimum absolute atomic E-state index is 0.135. The zero-order chi connectivity index (χ0) is 9.28. The minimum atomic E-state index is -0.384. The van der Waals surface area contributed by atoms with E-state index in [1.807, 2.05) is 13.8 Å². The fourth-order valence-corrected chi connectivity index (χ4v) is 2.09. The van der Waals surface area contributed by atoms with Crippen LogP contribution in [0.2, 0.25) is 0 Å². The second kappa shape index (κ2) is 3.29. The molecule has 0 radical (unpaired) electrons. The molecule has 0 heterocycles. The minimum Gasteiger partial charge on any atom is -0.369 e. The van der Waals surface area contributed by atoms with Gasteiger partial charge in [-0.1, -0.05) is 50.3 Å². The standard InChI is InChI=1S/C8H16INO/c1-7(2,6(10)11)5-8(3,4)9/h5H2,1-4H3,(H2,10,11). The quantitative estimate of drug-likeness (QED) is 0.618. The van der Waals surface area contributed by atoms with Crippen molar-refractivity contribution in [1.29, 1.82) is 0 Å². The second-order valence-corrected chi connectivity index (χ2v) is 7.06. The molecule has 0 bridgehead atoms. The second-order valence-electron chi connectivity index (χ2n) is 4.14. The van der Waals surface area contributed by atoms with Gasteiger partial charge in [0.2, 0.25) is 5.91 Å². The summed E-state index contributed by atoms with van der Waals surface area (Å²) < 4.78 is 0.135. The molecule has 0 aliphatic carbocycles. The summed E-state index contributed by atoms with van der Waals surface area (Å²) in [7, 11) is 0. The van der Waals surface area contributed by atoms with Gasteiger partial charge in [-0.25, -0.2) is 0 Å². The van der Waals surface area contributed by atoms with Gasteiger partial charge >= 0.3 is 0 Å². The average Bonchev–Trinajstić information content (AvgIpc) is 1.56. The molecule has 0 aliphatic heterocycles. The van der Waals surface area contributed by atoms with E-state index in [4.69, 9.17) is 5.73 Å². The number of alkyl halides is 1. The Morgan fingerprint density at radius 2 is 1.73 bits per heavy atom. The summed E-state index contributed by atoms with van der Waals surface area (Å²) in [5.74, 6) is -0.220. The topological polar surface area (TPSA) is 43.1 Å². The maximum atomic E-state index is 10.9. The van der Waals surface area contributed by atoms with Crippen LogP contribution in [-0.2, 0) is 4.79 Å². The molecule has 66 valence electrons. The molecule has 0 atom stereocenters. The highest BCUT2D eigenvalue weighted by Gasteiger charge is 2.31. The molecule has 0 spiro atoms. The first kappa shape index (κ1) is 11.2. The highest BCUT2D eigenvalue weighted by Crippen LogP contribution is 2.33. The van der Waals surface area contributed by atoms with Crippen molar-refractivity contribution in [1.82, 2.24) is 0 Å². The third kappa shape index (κ3) is 4.61. The van der Waals surface area contributed by atoms with E-state index in [2.05, 4.69) is 36.4 Å². The number of nitrogens with two attached hydrogens (primary N) is 1. The van der Waals surface area contributed by atoms with E-state index in [1.165, 1.54) is 0 Å². The van der Waals surface area contributed by atoms with E-state index < -0.39 is 0 Å². The Morgan fingerprint density at radius 3 is 1.82 bits per heavy atom. The van der Waals surface area contributed by atoms with Crippen LogP contribution in [0.1, 0.15) is 34.1 Å². The number of amides is 1. The predicted octanol–water partition coefficient (Wildman–Crippen LogP) is 2.10. The maximum absolute atomic E-state index is 10.9. The van der Waals surface area contributed by atoms with Crippen molar-refractivity contribution >= 4 is 28.5 Å². The molecule has 0 unspecified atom stereocenters. The molecule has 0 aromatic carbocycles. The van der Waals surface area contributed by atoms with Gasteiger partial charge in [-0.15, -0.1) is 0 Å². The third-order valence-electron chi connectivity index (χ3n) is 1.53. The summed E-state index contributed by atoms with van der Waals surface area (Å²) in [6, 6.07) is 0. The Morgan fingerprint density at radius 1 is 1.36 bits per heavy atom.